The molecule has 1 heterocycles. The highest BCUT2D eigenvalue weighted by Gasteiger charge is 2.20. The number of rotatable bonds is 4. The number of benzene rings is 2. The first-order valence-electron chi connectivity index (χ1n) is 7.36. The Morgan fingerprint density at radius 3 is 2.76 bits per heavy atom. The second-order valence-corrected chi connectivity index (χ2v) is 5.74. The fraction of sp³-hybridized carbons (Fsp3) is 0.111. The van der Waals surface area contributed by atoms with Gasteiger partial charge >= 0.3 is 5.97 Å². The van der Waals surface area contributed by atoms with Crippen LogP contribution in [0.3, 0.4) is 0 Å². The molecule has 0 saturated carbocycles. The van der Waals surface area contributed by atoms with E-state index in [1.54, 1.807) is 31.2 Å². The zero-order chi connectivity index (χ0) is 18.0. The van der Waals surface area contributed by atoms with Gasteiger partial charge in [0.25, 0.3) is 5.91 Å². The van der Waals surface area contributed by atoms with Crippen LogP contribution in [0.5, 0.6) is 0 Å². The number of amides is 1. The Morgan fingerprint density at radius 2 is 2.00 bits per heavy atom. The molecule has 25 heavy (non-hydrogen) atoms. The molecule has 0 atom stereocenters. The standard InChI is InChI=1S/C18H13ClFNO4/c1-10-12-8-11(19)6-7-15(12)25-17(10)18(23)24-9-16(22)21-14-5-3-2-4-13(14)20/h2-8H,9H2,1H3,(H,21,22). The first-order valence-corrected chi connectivity index (χ1v) is 7.73. The quantitative estimate of drug-likeness (QED) is 0.702. The van der Waals surface area contributed by atoms with Crippen LogP contribution in [0.25, 0.3) is 11.0 Å². The normalized spacial score (nSPS) is 10.7. The van der Waals surface area contributed by atoms with Gasteiger partial charge in [-0.25, -0.2) is 9.18 Å². The number of furan rings is 1. The van der Waals surface area contributed by atoms with Crippen LogP contribution in [-0.2, 0) is 9.53 Å². The van der Waals surface area contributed by atoms with Gasteiger partial charge in [-0.05, 0) is 37.3 Å². The maximum atomic E-state index is 13.5. The van der Waals surface area contributed by atoms with Crippen molar-refractivity contribution in [2.45, 2.75) is 6.92 Å². The predicted octanol–water partition coefficient (Wildman–Crippen LogP) is 4.33. The van der Waals surface area contributed by atoms with Gasteiger partial charge in [-0.3, -0.25) is 4.79 Å². The van der Waals surface area contributed by atoms with Crippen LogP contribution in [0, 0.1) is 12.7 Å². The summed E-state index contributed by atoms with van der Waals surface area (Å²) in [5.74, 6) is -2.02. The summed E-state index contributed by atoms with van der Waals surface area (Å²) in [6.07, 6.45) is 0. The predicted molar refractivity (Wildman–Crippen MR) is 91.3 cm³/mol. The summed E-state index contributed by atoms with van der Waals surface area (Å²) in [7, 11) is 0. The molecule has 0 spiro atoms. The van der Waals surface area contributed by atoms with Gasteiger partial charge in [0.2, 0.25) is 5.76 Å². The zero-order valence-electron chi connectivity index (χ0n) is 13.1. The minimum Gasteiger partial charge on any atom is -0.450 e. The van der Waals surface area contributed by atoms with Gasteiger partial charge in [0.1, 0.15) is 11.4 Å². The van der Waals surface area contributed by atoms with Gasteiger partial charge in [0.15, 0.2) is 6.61 Å². The monoisotopic (exact) mass is 361 g/mol. The van der Waals surface area contributed by atoms with Crippen LogP contribution in [0.15, 0.2) is 46.9 Å². The topological polar surface area (TPSA) is 68.5 Å². The van der Waals surface area contributed by atoms with Crippen LogP contribution in [0.1, 0.15) is 16.1 Å². The van der Waals surface area contributed by atoms with E-state index in [1.807, 2.05) is 0 Å². The van der Waals surface area contributed by atoms with Crippen molar-refractivity contribution in [2.75, 3.05) is 11.9 Å². The Morgan fingerprint density at radius 1 is 1.24 bits per heavy atom. The Balaban J connectivity index is 1.67. The molecule has 1 N–H and O–H groups in total. The van der Waals surface area contributed by atoms with Gasteiger partial charge < -0.3 is 14.5 Å². The molecule has 0 unspecified atom stereocenters. The minimum absolute atomic E-state index is 0.00374. The molecule has 7 heteroatoms. The van der Waals surface area contributed by atoms with Gasteiger partial charge in [-0.1, -0.05) is 23.7 Å². The zero-order valence-corrected chi connectivity index (χ0v) is 13.9. The van der Waals surface area contributed by atoms with Crippen molar-refractivity contribution in [3.8, 4) is 0 Å². The summed E-state index contributed by atoms with van der Waals surface area (Å²) in [5.41, 5.74) is 1.07. The number of nitrogens with one attached hydrogen (secondary N) is 1. The number of esters is 1. The number of hydrogen-bond acceptors (Lipinski definition) is 4. The summed E-state index contributed by atoms with van der Waals surface area (Å²) in [6.45, 7) is 1.13. The molecule has 0 bridgehead atoms. The van der Waals surface area contributed by atoms with Crippen molar-refractivity contribution in [1.29, 1.82) is 0 Å². The minimum atomic E-state index is -0.784. The number of para-hydroxylation sites is 1. The van der Waals surface area contributed by atoms with E-state index in [2.05, 4.69) is 5.32 Å². The molecular weight excluding hydrogens is 349 g/mol. The number of halogens is 2. The number of hydrogen-bond donors (Lipinski definition) is 1. The van der Waals surface area contributed by atoms with Crippen LogP contribution in [-0.4, -0.2) is 18.5 Å². The van der Waals surface area contributed by atoms with E-state index < -0.39 is 24.3 Å². The van der Waals surface area contributed by atoms with Gasteiger partial charge in [0.05, 0.1) is 5.69 Å². The average Bonchev–Trinajstić information content (AvgIpc) is 2.91. The highest BCUT2D eigenvalue weighted by molar-refractivity contribution is 6.31. The molecule has 0 saturated heterocycles. The number of carbonyl (C=O) groups excluding carboxylic acids is 2. The lowest BCUT2D eigenvalue weighted by Crippen LogP contribution is -2.21. The van der Waals surface area contributed by atoms with E-state index in [1.165, 1.54) is 18.2 Å². The molecule has 0 fully saturated rings. The third kappa shape index (κ3) is 3.64. The summed E-state index contributed by atoms with van der Waals surface area (Å²) in [5, 5.41) is 3.53. The second kappa shape index (κ2) is 6.94. The maximum absolute atomic E-state index is 13.5. The number of ether oxygens (including phenoxy) is 1. The maximum Gasteiger partial charge on any atom is 0.375 e. The first-order chi connectivity index (χ1) is 12.0. The van der Waals surface area contributed by atoms with E-state index in [9.17, 15) is 14.0 Å². The molecule has 0 aliphatic rings. The van der Waals surface area contributed by atoms with E-state index in [-0.39, 0.29) is 11.4 Å². The van der Waals surface area contributed by atoms with Crippen molar-refractivity contribution in [3.05, 3.63) is 64.6 Å². The van der Waals surface area contributed by atoms with Gasteiger partial charge in [-0.15, -0.1) is 0 Å². The molecule has 2 aromatic carbocycles. The number of anilines is 1. The van der Waals surface area contributed by atoms with E-state index in [0.29, 0.717) is 21.6 Å². The fourth-order valence-electron chi connectivity index (χ4n) is 2.33. The number of fused-ring (bicyclic) bond motifs is 1. The SMILES string of the molecule is Cc1c(C(=O)OCC(=O)Nc2ccccc2F)oc2ccc(Cl)cc12. The lowest BCUT2D eigenvalue weighted by molar-refractivity contribution is -0.119. The Hall–Kier alpha value is -2.86. The Kier molecular flexibility index (Phi) is 4.72. The number of aryl methyl sites for hydroxylation is 1. The molecule has 5 nitrogen and oxygen atoms in total. The van der Waals surface area contributed by atoms with Crippen molar-refractivity contribution >= 4 is 40.1 Å². The molecule has 0 aliphatic heterocycles. The summed E-state index contributed by atoms with van der Waals surface area (Å²) in [6, 6.07) is 10.7. The van der Waals surface area contributed by atoms with Crippen molar-refractivity contribution in [2.24, 2.45) is 0 Å². The summed E-state index contributed by atoms with van der Waals surface area (Å²) < 4.78 is 23.9. The van der Waals surface area contributed by atoms with Crippen molar-refractivity contribution in [3.63, 3.8) is 0 Å². The smallest absolute Gasteiger partial charge is 0.375 e. The number of carbonyl (C=O) groups is 2. The molecular formula is C18H13ClFNO4. The third-order valence-electron chi connectivity index (χ3n) is 3.57. The molecule has 3 aromatic rings. The molecule has 0 radical (unpaired) electrons. The van der Waals surface area contributed by atoms with Crippen molar-refractivity contribution < 1.29 is 23.1 Å². The third-order valence-corrected chi connectivity index (χ3v) is 3.80. The molecule has 1 aromatic heterocycles. The molecule has 0 aliphatic carbocycles. The Bertz CT molecular complexity index is 967. The lowest BCUT2D eigenvalue weighted by atomic mass is 10.1. The van der Waals surface area contributed by atoms with Crippen LogP contribution >= 0.6 is 11.6 Å². The first kappa shape index (κ1) is 17.0. The van der Waals surface area contributed by atoms with Crippen LogP contribution in [0.2, 0.25) is 5.02 Å². The summed E-state index contributed by atoms with van der Waals surface area (Å²) >= 11 is 5.93. The summed E-state index contributed by atoms with van der Waals surface area (Å²) in [4.78, 5) is 23.9. The van der Waals surface area contributed by atoms with Crippen LogP contribution < -0.4 is 5.32 Å². The molecule has 3 rings (SSSR count). The van der Waals surface area contributed by atoms with Gasteiger partial charge in [-0.2, -0.15) is 0 Å². The van der Waals surface area contributed by atoms with E-state index in [0.717, 1.165) is 0 Å². The van der Waals surface area contributed by atoms with Gasteiger partial charge in [0, 0.05) is 16.0 Å². The van der Waals surface area contributed by atoms with E-state index in [4.69, 9.17) is 20.8 Å². The van der Waals surface area contributed by atoms with Crippen molar-refractivity contribution in [1.82, 2.24) is 0 Å². The highest BCUT2D eigenvalue weighted by atomic mass is 35.5. The Labute approximate surface area is 147 Å². The average molecular weight is 362 g/mol. The molecule has 1 amide bonds. The molecule has 128 valence electrons. The lowest BCUT2D eigenvalue weighted by Gasteiger charge is -2.06. The van der Waals surface area contributed by atoms with E-state index >= 15 is 0 Å². The highest BCUT2D eigenvalue weighted by Crippen LogP contribution is 2.28. The second-order valence-electron chi connectivity index (χ2n) is 5.30. The largest absolute Gasteiger partial charge is 0.450 e. The fourth-order valence-corrected chi connectivity index (χ4v) is 2.51. The van der Waals surface area contributed by atoms with Crippen LogP contribution in [0.4, 0.5) is 10.1 Å².